The van der Waals surface area contributed by atoms with Gasteiger partial charge in [-0.05, 0) is 30.7 Å². The second-order valence-electron chi connectivity index (χ2n) is 7.25. The van der Waals surface area contributed by atoms with Crippen molar-refractivity contribution in [2.75, 3.05) is 0 Å². The summed E-state index contributed by atoms with van der Waals surface area (Å²) in [6, 6.07) is 5.70. The van der Waals surface area contributed by atoms with Crippen LogP contribution in [0.5, 0.6) is 0 Å². The van der Waals surface area contributed by atoms with E-state index in [1.807, 2.05) is 12.4 Å². The van der Waals surface area contributed by atoms with E-state index in [9.17, 15) is 5.26 Å². The maximum absolute atomic E-state index is 9.33. The standard InChI is InChI=1S/C20H20ClN5/c1-13-2-4-14(5-3-13)11-26-12-24-18-7-17(8-22)25-19(20(18)26)15-6-16(21)10-23-9-15/h6-7,9-10,12-14H,2-5,11H2,1H3. The van der Waals surface area contributed by atoms with Crippen LogP contribution in [-0.4, -0.2) is 19.5 Å². The monoisotopic (exact) mass is 365 g/mol. The summed E-state index contributed by atoms with van der Waals surface area (Å²) in [6.45, 7) is 3.26. The number of fused-ring (bicyclic) bond motifs is 1. The molecule has 0 aromatic carbocycles. The number of nitrogens with zero attached hydrogens (tertiary/aromatic N) is 5. The Hall–Kier alpha value is -2.45. The van der Waals surface area contributed by atoms with Crippen LogP contribution < -0.4 is 0 Å². The molecule has 26 heavy (non-hydrogen) atoms. The van der Waals surface area contributed by atoms with Crippen LogP contribution in [0.1, 0.15) is 38.3 Å². The zero-order valence-corrected chi connectivity index (χ0v) is 15.4. The molecule has 6 heteroatoms. The third-order valence-corrected chi connectivity index (χ3v) is 5.49. The Morgan fingerprint density at radius 1 is 1.23 bits per heavy atom. The number of rotatable bonds is 3. The van der Waals surface area contributed by atoms with E-state index in [0.717, 1.165) is 34.8 Å². The molecule has 3 aromatic rings. The summed E-state index contributed by atoms with van der Waals surface area (Å²) < 4.78 is 2.18. The minimum absolute atomic E-state index is 0.351. The molecule has 1 fully saturated rings. The second-order valence-corrected chi connectivity index (χ2v) is 7.69. The molecule has 132 valence electrons. The summed E-state index contributed by atoms with van der Waals surface area (Å²) in [5.41, 5.74) is 3.61. The average molecular weight is 366 g/mol. The molecular weight excluding hydrogens is 346 g/mol. The first-order valence-corrected chi connectivity index (χ1v) is 9.38. The molecule has 0 atom stereocenters. The van der Waals surface area contributed by atoms with Crippen LogP contribution in [0, 0.1) is 23.2 Å². The van der Waals surface area contributed by atoms with Crippen molar-refractivity contribution in [1.82, 2.24) is 19.5 Å². The molecule has 1 saturated carbocycles. The molecule has 0 bridgehead atoms. The van der Waals surface area contributed by atoms with Crippen molar-refractivity contribution in [3.05, 3.63) is 41.6 Å². The van der Waals surface area contributed by atoms with Crippen molar-refractivity contribution >= 4 is 22.6 Å². The van der Waals surface area contributed by atoms with Crippen LogP contribution in [0.15, 0.2) is 30.9 Å². The van der Waals surface area contributed by atoms with Gasteiger partial charge < -0.3 is 4.57 Å². The maximum Gasteiger partial charge on any atom is 0.143 e. The van der Waals surface area contributed by atoms with E-state index in [2.05, 4.69) is 32.5 Å². The molecule has 0 saturated heterocycles. The Morgan fingerprint density at radius 2 is 2.04 bits per heavy atom. The molecule has 0 aliphatic heterocycles. The van der Waals surface area contributed by atoms with Crippen molar-refractivity contribution in [3.63, 3.8) is 0 Å². The van der Waals surface area contributed by atoms with Gasteiger partial charge in [-0.2, -0.15) is 5.26 Å². The van der Waals surface area contributed by atoms with E-state index in [1.54, 1.807) is 18.5 Å². The van der Waals surface area contributed by atoms with Crippen molar-refractivity contribution in [1.29, 1.82) is 5.26 Å². The van der Waals surface area contributed by atoms with Gasteiger partial charge in [-0.1, -0.05) is 31.4 Å². The fraction of sp³-hybridized carbons (Fsp3) is 0.400. The molecule has 4 rings (SSSR count). The Balaban J connectivity index is 1.79. The highest BCUT2D eigenvalue weighted by Crippen LogP contribution is 2.32. The van der Waals surface area contributed by atoms with E-state index >= 15 is 0 Å². The van der Waals surface area contributed by atoms with Crippen LogP contribution >= 0.6 is 11.6 Å². The van der Waals surface area contributed by atoms with Gasteiger partial charge in [0.1, 0.15) is 11.8 Å². The van der Waals surface area contributed by atoms with Crippen LogP contribution in [0.25, 0.3) is 22.3 Å². The first kappa shape index (κ1) is 17.0. The zero-order chi connectivity index (χ0) is 18.1. The van der Waals surface area contributed by atoms with Gasteiger partial charge >= 0.3 is 0 Å². The van der Waals surface area contributed by atoms with Gasteiger partial charge in [0.25, 0.3) is 0 Å². The predicted molar refractivity (Wildman–Crippen MR) is 102 cm³/mol. The lowest BCUT2D eigenvalue weighted by Gasteiger charge is -2.26. The molecule has 0 N–H and O–H groups in total. The summed E-state index contributed by atoms with van der Waals surface area (Å²) in [7, 11) is 0. The molecular formula is C20H20ClN5. The fourth-order valence-corrected chi connectivity index (χ4v) is 4.00. The highest BCUT2D eigenvalue weighted by molar-refractivity contribution is 6.30. The predicted octanol–water partition coefficient (Wildman–Crippen LogP) is 4.84. The van der Waals surface area contributed by atoms with Gasteiger partial charge in [0.15, 0.2) is 0 Å². The molecule has 0 unspecified atom stereocenters. The van der Waals surface area contributed by atoms with E-state index in [0.29, 0.717) is 16.6 Å². The normalized spacial score (nSPS) is 20.2. The average Bonchev–Trinajstić information content (AvgIpc) is 3.05. The van der Waals surface area contributed by atoms with E-state index in [4.69, 9.17) is 11.6 Å². The first-order chi connectivity index (χ1) is 12.6. The number of halogens is 1. The Labute approximate surface area is 157 Å². The highest BCUT2D eigenvalue weighted by atomic mass is 35.5. The van der Waals surface area contributed by atoms with Crippen LogP contribution in [0.3, 0.4) is 0 Å². The summed E-state index contributed by atoms with van der Waals surface area (Å²) in [4.78, 5) is 13.3. The SMILES string of the molecule is CC1CCC(Cn2cnc3cc(C#N)nc(-c4cncc(Cl)c4)c32)CC1. The van der Waals surface area contributed by atoms with E-state index in [1.165, 1.54) is 25.7 Å². The Morgan fingerprint density at radius 3 is 2.77 bits per heavy atom. The van der Waals surface area contributed by atoms with Gasteiger partial charge in [-0.15, -0.1) is 0 Å². The van der Waals surface area contributed by atoms with Gasteiger partial charge in [-0.3, -0.25) is 4.98 Å². The third-order valence-electron chi connectivity index (χ3n) is 5.28. The molecule has 1 aliphatic rings. The van der Waals surface area contributed by atoms with Crippen molar-refractivity contribution in [2.45, 2.75) is 39.2 Å². The lowest BCUT2D eigenvalue weighted by molar-refractivity contribution is 0.266. The fourth-order valence-electron chi connectivity index (χ4n) is 3.82. The van der Waals surface area contributed by atoms with Crippen molar-refractivity contribution < 1.29 is 0 Å². The van der Waals surface area contributed by atoms with Gasteiger partial charge in [0, 0.05) is 30.6 Å². The minimum atomic E-state index is 0.351. The number of hydrogen-bond donors (Lipinski definition) is 0. The van der Waals surface area contributed by atoms with Crippen LogP contribution in [-0.2, 0) is 6.54 Å². The molecule has 0 amide bonds. The molecule has 0 spiro atoms. The summed E-state index contributed by atoms with van der Waals surface area (Å²) in [5, 5.41) is 9.88. The third kappa shape index (κ3) is 3.30. The smallest absolute Gasteiger partial charge is 0.143 e. The highest BCUT2D eigenvalue weighted by Gasteiger charge is 2.21. The Bertz CT molecular complexity index is 980. The maximum atomic E-state index is 9.33. The number of nitriles is 1. The van der Waals surface area contributed by atoms with Crippen LogP contribution in [0.2, 0.25) is 5.02 Å². The minimum Gasteiger partial charge on any atom is -0.329 e. The quantitative estimate of drug-likeness (QED) is 0.665. The van der Waals surface area contributed by atoms with Crippen molar-refractivity contribution in [3.8, 4) is 17.3 Å². The molecule has 0 radical (unpaired) electrons. The number of imidazole rings is 1. The Kier molecular flexibility index (Phi) is 4.60. The molecule has 5 nitrogen and oxygen atoms in total. The molecule has 3 heterocycles. The number of hydrogen-bond acceptors (Lipinski definition) is 4. The van der Waals surface area contributed by atoms with Gasteiger partial charge in [-0.25, -0.2) is 9.97 Å². The van der Waals surface area contributed by atoms with Gasteiger partial charge in [0.2, 0.25) is 0 Å². The number of pyridine rings is 2. The molecule has 1 aliphatic carbocycles. The summed E-state index contributed by atoms with van der Waals surface area (Å²) in [5.74, 6) is 1.49. The first-order valence-electron chi connectivity index (χ1n) is 9.01. The van der Waals surface area contributed by atoms with E-state index < -0.39 is 0 Å². The largest absolute Gasteiger partial charge is 0.329 e. The summed E-state index contributed by atoms with van der Waals surface area (Å²) in [6.07, 6.45) is 10.3. The summed E-state index contributed by atoms with van der Waals surface area (Å²) >= 11 is 6.12. The second kappa shape index (κ2) is 7.05. The van der Waals surface area contributed by atoms with Gasteiger partial charge in [0.05, 0.1) is 28.1 Å². The number of aromatic nitrogens is 4. The lowest BCUT2D eigenvalue weighted by Crippen LogP contribution is -2.17. The lowest BCUT2D eigenvalue weighted by atomic mass is 9.83. The zero-order valence-electron chi connectivity index (χ0n) is 14.7. The van der Waals surface area contributed by atoms with Crippen molar-refractivity contribution in [2.24, 2.45) is 11.8 Å². The van der Waals surface area contributed by atoms with Crippen LogP contribution in [0.4, 0.5) is 0 Å². The topological polar surface area (TPSA) is 67.4 Å². The van der Waals surface area contributed by atoms with E-state index in [-0.39, 0.29) is 0 Å². The molecule has 3 aromatic heterocycles.